The first-order valence-electron chi connectivity index (χ1n) is 6.01. The standard InChI is InChI=1S/C11H16BrN3O5/c1-5-9(14-15-13)10(19-7(3)17)8(20-11(5)12)4-18-6(2)16/h5,8-11H,4H2,1-3H3/t5?,8?,9-,10+,11+/m1/s1. The molecular formula is C11H16BrN3O5. The molecule has 0 amide bonds. The Morgan fingerprint density at radius 2 is 2.05 bits per heavy atom. The van der Waals surface area contributed by atoms with Crippen molar-refractivity contribution >= 4 is 27.9 Å². The predicted octanol–water partition coefficient (Wildman–Crippen LogP) is 1.92. The van der Waals surface area contributed by atoms with E-state index in [2.05, 4.69) is 26.0 Å². The van der Waals surface area contributed by atoms with Crippen LogP contribution in [0, 0.1) is 5.92 Å². The lowest BCUT2D eigenvalue weighted by Crippen LogP contribution is -2.54. The van der Waals surface area contributed by atoms with Gasteiger partial charge in [-0.3, -0.25) is 9.59 Å². The third-order valence-corrected chi connectivity index (χ3v) is 3.95. The zero-order chi connectivity index (χ0) is 15.3. The summed E-state index contributed by atoms with van der Waals surface area (Å²) in [5, 5.41) is 3.28. The average molecular weight is 350 g/mol. The lowest BCUT2D eigenvalue weighted by Gasteiger charge is -2.41. The van der Waals surface area contributed by atoms with Crippen molar-refractivity contribution in [2.75, 3.05) is 6.61 Å². The van der Waals surface area contributed by atoms with Gasteiger partial charge in [0.15, 0.2) is 0 Å². The number of hydrogen-bond donors (Lipinski definition) is 0. The number of hydrogen-bond acceptors (Lipinski definition) is 6. The highest BCUT2D eigenvalue weighted by molar-refractivity contribution is 9.09. The summed E-state index contributed by atoms with van der Waals surface area (Å²) in [6.45, 7) is 4.24. The van der Waals surface area contributed by atoms with Crippen molar-refractivity contribution in [3.8, 4) is 0 Å². The molecule has 1 heterocycles. The Morgan fingerprint density at radius 3 is 2.55 bits per heavy atom. The summed E-state index contributed by atoms with van der Waals surface area (Å²) in [6.07, 6.45) is -1.49. The van der Waals surface area contributed by atoms with E-state index in [-0.39, 0.29) is 12.5 Å². The quantitative estimate of drug-likeness (QED) is 0.253. The highest BCUT2D eigenvalue weighted by Crippen LogP contribution is 2.33. The normalized spacial score (nSPS) is 32.9. The fraction of sp³-hybridized carbons (Fsp3) is 0.818. The second kappa shape index (κ2) is 7.47. The van der Waals surface area contributed by atoms with Gasteiger partial charge in [-0.25, -0.2) is 0 Å². The van der Waals surface area contributed by atoms with E-state index in [1.54, 1.807) is 6.92 Å². The van der Waals surface area contributed by atoms with E-state index >= 15 is 0 Å². The molecule has 0 aromatic rings. The maximum atomic E-state index is 11.2. The lowest BCUT2D eigenvalue weighted by atomic mass is 9.91. The molecule has 1 aliphatic rings. The maximum Gasteiger partial charge on any atom is 0.303 e. The Bertz CT molecular complexity index is 426. The monoisotopic (exact) mass is 349 g/mol. The van der Waals surface area contributed by atoms with Gasteiger partial charge in [-0.15, -0.1) is 0 Å². The molecule has 9 heteroatoms. The van der Waals surface area contributed by atoms with Gasteiger partial charge in [-0.1, -0.05) is 28.0 Å². The maximum absolute atomic E-state index is 11.2. The summed E-state index contributed by atoms with van der Waals surface area (Å²) in [4.78, 5) is 24.9. The molecule has 0 N–H and O–H groups in total. The number of alkyl halides is 1. The second-order valence-electron chi connectivity index (χ2n) is 4.46. The van der Waals surface area contributed by atoms with E-state index in [0.29, 0.717) is 0 Å². The van der Waals surface area contributed by atoms with Crippen LogP contribution < -0.4 is 0 Å². The first kappa shape index (κ1) is 16.7. The van der Waals surface area contributed by atoms with Crippen LogP contribution in [0.5, 0.6) is 0 Å². The topological polar surface area (TPSA) is 111 Å². The molecule has 0 aliphatic carbocycles. The number of ether oxygens (including phenoxy) is 3. The van der Waals surface area contributed by atoms with Crippen LogP contribution in [0.2, 0.25) is 0 Å². The van der Waals surface area contributed by atoms with Crippen molar-refractivity contribution in [3.63, 3.8) is 0 Å². The van der Waals surface area contributed by atoms with Crippen LogP contribution in [0.3, 0.4) is 0 Å². The van der Waals surface area contributed by atoms with Gasteiger partial charge >= 0.3 is 11.9 Å². The molecule has 0 aromatic carbocycles. The summed E-state index contributed by atoms with van der Waals surface area (Å²) in [7, 11) is 0. The fourth-order valence-electron chi connectivity index (χ4n) is 1.94. The van der Waals surface area contributed by atoms with Crippen molar-refractivity contribution in [2.24, 2.45) is 11.0 Å². The van der Waals surface area contributed by atoms with Gasteiger partial charge in [0, 0.05) is 24.7 Å². The zero-order valence-electron chi connectivity index (χ0n) is 11.4. The molecular weight excluding hydrogens is 334 g/mol. The summed E-state index contributed by atoms with van der Waals surface area (Å²) < 4.78 is 15.7. The minimum absolute atomic E-state index is 0.0838. The van der Waals surface area contributed by atoms with Crippen molar-refractivity contribution in [1.29, 1.82) is 0 Å². The van der Waals surface area contributed by atoms with Crippen LogP contribution in [0.4, 0.5) is 0 Å². The Labute approximate surface area is 124 Å². The molecule has 1 aliphatic heterocycles. The van der Waals surface area contributed by atoms with E-state index in [1.807, 2.05) is 0 Å². The predicted molar refractivity (Wildman–Crippen MR) is 71.9 cm³/mol. The average Bonchev–Trinajstić information content (AvgIpc) is 2.35. The molecule has 1 rings (SSSR count). The van der Waals surface area contributed by atoms with Crippen LogP contribution in [-0.2, 0) is 23.8 Å². The van der Waals surface area contributed by atoms with Crippen LogP contribution in [0.15, 0.2) is 5.11 Å². The van der Waals surface area contributed by atoms with E-state index in [0.717, 1.165) is 0 Å². The van der Waals surface area contributed by atoms with Crippen molar-refractivity contribution in [1.82, 2.24) is 0 Å². The third kappa shape index (κ3) is 4.36. The largest absolute Gasteiger partial charge is 0.463 e. The molecule has 8 nitrogen and oxygen atoms in total. The first-order chi connectivity index (χ1) is 9.36. The van der Waals surface area contributed by atoms with E-state index < -0.39 is 35.2 Å². The SMILES string of the molecule is CC(=O)OCC1O[C@H](Br)C(C)[C@@H](N=[N+]=[N-])[C@H]1OC(C)=O. The fourth-order valence-corrected chi connectivity index (χ4v) is 2.53. The number of azide groups is 1. The van der Waals surface area contributed by atoms with E-state index in [9.17, 15) is 9.59 Å². The van der Waals surface area contributed by atoms with Crippen molar-refractivity contribution in [3.05, 3.63) is 10.4 Å². The van der Waals surface area contributed by atoms with E-state index in [4.69, 9.17) is 19.7 Å². The number of carbonyl (C=O) groups is 2. The second-order valence-corrected chi connectivity index (χ2v) is 5.36. The van der Waals surface area contributed by atoms with E-state index in [1.165, 1.54) is 13.8 Å². The van der Waals surface area contributed by atoms with Gasteiger partial charge in [0.05, 0.1) is 6.04 Å². The molecule has 1 saturated heterocycles. The third-order valence-electron chi connectivity index (χ3n) is 2.90. The molecule has 112 valence electrons. The van der Waals surface area contributed by atoms with Crippen LogP contribution >= 0.6 is 15.9 Å². The molecule has 1 fully saturated rings. The first-order valence-corrected chi connectivity index (χ1v) is 6.92. The van der Waals surface area contributed by atoms with Gasteiger partial charge in [-0.2, -0.15) is 0 Å². The summed E-state index contributed by atoms with van der Waals surface area (Å²) in [5.41, 5.74) is 8.66. The van der Waals surface area contributed by atoms with Gasteiger partial charge in [0.2, 0.25) is 0 Å². The van der Waals surface area contributed by atoms with Crippen molar-refractivity contribution in [2.45, 2.75) is 44.0 Å². The highest BCUT2D eigenvalue weighted by Gasteiger charge is 2.45. The molecule has 0 bridgehead atoms. The number of nitrogens with zero attached hydrogens (tertiary/aromatic N) is 3. The van der Waals surface area contributed by atoms with Gasteiger partial charge in [0.1, 0.15) is 23.8 Å². The van der Waals surface area contributed by atoms with Crippen LogP contribution in [0.25, 0.3) is 10.4 Å². The van der Waals surface area contributed by atoms with Gasteiger partial charge in [-0.05, 0) is 5.53 Å². The summed E-state index contributed by atoms with van der Waals surface area (Å²) in [6, 6.07) is -0.609. The molecule has 5 atom stereocenters. The van der Waals surface area contributed by atoms with Crippen molar-refractivity contribution < 1.29 is 23.8 Å². The molecule has 0 aromatic heterocycles. The summed E-state index contributed by atoms with van der Waals surface area (Å²) >= 11 is 3.32. The number of rotatable bonds is 4. The van der Waals surface area contributed by atoms with Gasteiger partial charge < -0.3 is 14.2 Å². The molecule has 2 unspecified atom stereocenters. The Morgan fingerprint density at radius 1 is 1.40 bits per heavy atom. The minimum atomic E-state index is -0.799. The molecule has 0 spiro atoms. The summed E-state index contributed by atoms with van der Waals surface area (Å²) in [5.74, 6) is -1.20. The molecule has 20 heavy (non-hydrogen) atoms. The molecule has 0 saturated carbocycles. The number of esters is 2. The van der Waals surface area contributed by atoms with Gasteiger partial charge in [0.25, 0.3) is 0 Å². The Hall–Kier alpha value is -1.31. The molecule has 0 radical (unpaired) electrons. The number of halogens is 1. The number of carbonyl (C=O) groups excluding carboxylic acids is 2. The smallest absolute Gasteiger partial charge is 0.303 e. The van der Waals surface area contributed by atoms with Crippen LogP contribution in [0.1, 0.15) is 20.8 Å². The highest BCUT2D eigenvalue weighted by atomic mass is 79.9. The Balaban J connectivity index is 2.95. The zero-order valence-corrected chi connectivity index (χ0v) is 12.9. The Kier molecular flexibility index (Phi) is 6.25. The lowest BCUT2D eigenvalue weighted by molar-refractivity contribution is -0.182. The van der Waals surface area contributed by atoms with Crippen LogP contribution in [-0.4, -0.2) is 41.8 Å². The minimum Gasteiger partial charge on any atom is -0.463 e.